The predicted molar refractivity (Wildman–Crippen MR) is 65.8 cm³/mol. The van der Waals surface area contributed by atoms with Crippen molar-refractivity contribution in [1.82, 2.24) is 4.98 Å². The minimum absolute atomic E-state index is 0.117. The number of nitrogens with zero attached hydrogens (tertiary/aromatic N) is 1. The smallest absolute Gasteiger partial charge is 0.356 e. The van der Waals surface area contributed by atoms with Gasteiger partial charge < -0.3 is 9.84 Å². The molecule has 17 heavy (non-hydrogen) atoms. The highest BCUT2D eigenvalue weighted by molar-refractivity contribution is 6.33. The molecule has 1 rings (SSSR count). The molecule has 0 saturated carbocycles. The Balaban J connectivity index is 2.66. The fourth-order valence-corrected chi connectivity index (χ4v) is 1.64. The Morgan fingerprint density at radius 3 is 2.88 bits per heavy atom. The molecule has 0 aliphatic rings. The zero-order valence-electron chi connectivity index (χ0n) is 9.94. The maximum atomic E-state index is 10.8. The van der Waals surface area contributed by atoms with Crippen molar-refractivity contribution in [2.75, 3.05) is 6.61 Å². The van der Waals surface area contributed by atoms with E-state index in [2.05, 4.69) is 18.8 Å². The second-order valence-electron chi connectivity index (χ2n) is 3.99. The molecule has 0 aliphatic carbocycles. The number of aromatic nitrogens is 1. The molecule has 1 aromatic rings. The first-order valence-electron chi connectivity index (χ1n) is 5.57. The molecule has 94 valence electrons. The zero-order chi connectivity index (χ0) is 12.8. The summed E-state index contributed by atoms with van der Waals surface area (Å²) in [5.74, 6) is -0.428. The molecule has 5 heteroatoms. The maximum absolute atomic E-state index is 10.8. The van der Waals surface area contributed by atoms with Crippen molar-refractivity contribution in [3.63, 3.8) is 0 Å². The Morgan fingerprint density at radius 2 is 2.29 bits per heavy atom. The fraction of sp³-hybridized carbons (Fsp3) is 0.500. The lowest BCUT2D eigenvalue weighted by Gasteiger charge is -2.11. The molecule has 0 radical (unpaired) electrons. The van der Waals surface area contributed by atoms with Crippen LogP contribution in [0.25, 0.3) is 0 Å². The molecule has 1 N–H and O–H groups in total. The first-order chi connectivity index (χ1) is 8.04. The van der Waals surface area contributed by atoms with Crippen molar-refractivity contribution in [2.24, 2.45) is 5.92 Å². The molecular weight excluding hydrogens is 242 g/mol. The third-order valence-corrected chi connectivity index (χ3v) is 2.63. The molecule has 0 amide bonds. The average Bonchev–Trinajstić information content (AvgIpc) is 2.28. The summed E-state index contributed by atoms with van der Waals surface area (Å²) in [6.45, 7) is 4.72. The van der Waals surface area contributed by atoms with Crippen LogP contribution in [0.15, 0.2) is 12.1 Å². The van der Waals surface area contributed by atoms with Crippen molar-refractivity contribution in [1.29, 1.82) is 0 Å². The summed E-state index contributed by atoms with van der Waals surface area (Å²) in [5, 5.41) is 8.97. The van der Waals surface area contributed by atoms with Gasteiger partial charge in [-0.1, -0.05) is 31.9 Å². The lowest BCUT2D eigenvalue weighted by Crippen LogP contribution is -2.10. The Kier molecular flexibility index (Phi) is 5.22. The number of aromatic carboxylic acids is 1. The van der Waals surface area contributed by atoms with Crippen LogP contribution < -0.4 is 4.74 Å². The molecule has 0 aromatic carbocycles. The highest BCUT2D eigenvalue weighted by Crippen LogP contribution is 2.18. The first kappa shape index (κ1) is 13.8. The largest absolute Gasteiger partial charge is 0.477 e. The van der Waals surface area contributed by atoms with E-state index in [0.717, 1.165) is 12.8 Å². The minimum Gasteiger partial charge on any atom is -0.477 e. The quantitative estimate of drug-likeness (QED) is 0.850. The molecule has 0 fully saturated rings. The monoisotopic (exact) mass is 257 g/mol. The average molecular weight is 258 g/mol. The van der Waals surface area contributed by atoms with Gasteiger partial charge in [0.25, 0.3) is 0 Å². The van der Waals surface area contributed by atoms with Crippen LogP contribution in [0.2, 0.25) is 5.02 Å². The van der Waals surface area contributed by atoms with E-state index >= 15 is 0 Å². The Morgan fingerprint density at radius 1 is 1.59 bits per heavy atom. The van der Waals surface area contributed by atoms with Crippen LogP contribution >= 0.6 is 11.6 Å². The Labute approximate surface area is 106 Å². The van der Waals surface area contributed by atoms with Crippen LogP contribution in [-0.2, 0) is 0 Å². The van der Waals surface area contributed by atoms with E-state index in [1.54, 1.807) is 6.07 Å². The molecule has 0 bridgehead atoms. The third-order valence-electron chi connectivity index (χ3n) is 2.32. The summed E-state index contributed by atoms with van der Waals surface area (Å²) >= 11 is 5.70. The van der Waals surface area contributed by atoms with Crippen molar-refractivity contribution in [2.45, 2.75) is 26.7 Å². The summed E-state index contributed by atoms with van der Waals surface area (Å²) in [6, 6.07) is 3.06. The van der Waals surface area contributed by atoms with Gasteiger partial charge in [0.2, 0.25) is 5.88 Å². The van der Waals surface area contributed by atoms with Gasteiger partial charge in [-0.05, 0) is 18.4 Å². The van der Waals surface area contributed by atoms with Crippen molar-refractivity contribution in [3.05, 3.63) is 22.8 Å². The third kappa shape index (κ3) is 4.23. The summed E-state index contributed by atoms with van der Waals surface area (Å²) in [6.07, 6.45) is 2.17. The van der Waals surface area contributed by atoms with E-state index in [1.807, 2.05) is 0 Å². The number of carboxylic acids is 1. The van der Waals surface area contributed by atoms with Gasteiger partial charge in [-0.3, -0.25) is 0 Å². The molecule has 4 nitrogen and oxygen atoms in total. The van der Waals surface area contributed by atoms with Gasteiger partial charge in [0.05, 0.1) is 11.6 Å². The van der Waals surface area contributed by atoms with Gasteiger partial charge in [0.15, 0.2) is 5.69 Å². The van der Waals surface area contributed by atoms with Gasteiger partial charge in [0, 0.05) is 6.07 Å². The molecule has 1 atom stereocenters. The van der Waals surface area contributed by atoms with Crippen LogP contribution in [0.5, 0.6) is 5.88 Å². The number of pyridine rings is 1. The topological polar surface area (TPSA) is 59.4 Å². The Hall–Kier alpha value is -1.29. The van der Waals surface area contributed by atoms with Gasteiger partial charge in [-0.25, -0.2) is 9.78 Å². The fourth-order valence-electron chi connectivity index (χ4n) is 1.46. The van der Waals surface area contributed by atoms with Crippen LogP contribution in [-0.4, -0.2) is 22.7 Å². The van der Waals surface area contributed by atoms with E-state index in [-0.39, 0.29) is 10.7 Å². The lowest BCUT2D eigenvalue weighted by molar-refractivity contribution is 0.0689. The number of halogens is 1. The van der Waals surface area contributed by atoms with E-state index in [9.17, 15) is 4.79 Å². The van der Waals surface area contributed by atoms with E-state index in [0.29, 0.717) is 18.4 Å². The molecule has 0 spiro atoms. The second-order valence-corrected chi connectivity index (χ2v) is 4.40. The highest BCUT2D eigenvalue weighted by atomic mass is 35.5. The molecular formula is C12H16ClNO3. The molecule has 1 unspecified atom stereocenters. The second kappa shape index (κ2) is 6.45. The highest BCUT2D eigenvalue weighted by Gasteiger charge is 2.12. The Bertz CT molecular complexity index is 395. The number of hydrogen-bond donors (Lipinski definition) is 1. The molecule has 1 aromatic heterocycles. The standard InChI is InChI=1S/C12H16ClNO3/c1-3-4-8(2)7-17-10-6-5-9(13)11(14-10)12(15)16/h5-6,8H,3-4,7H2,1-2H3,(H,15,16). The predicted octanol–water partition coefficient (Wildman–Crippen LogP) is 3.25. The van der Waals surface area contributed by atoms with E-state index < -0.39 is 5.97 Å². The van der Waals surface area contributed by atoms with Crippen molar-refractivity contribution < 1.29 is 14.6 Å². The number of ether oxygens (including phenoxy) is 1. The summed E-state index contributed by atoms with van der Waals surface area (Å²) in [5.41, 5.74) is -0.174. The first-order valence-corrected chi connectivity index (χ1v) is 5.95. The van der Waals surface area contributed by atoms with Crippen LogP contribution in [0.1, 0.15) is 37.2 Å². The van der Waals surface area contributed by atoms with Gasteiger partial charge in [-0.15, -0.1) is 0 Å². The van der Waals surface area contributed by atoms with E-state index in [4.69, 9.17) is 21.4 Å². The summed E-state index contributed by atoms with van der Waals surface area (Å²) < 4.78 is 5.43. The molecule has 0 saturated heterocycles. The van der Waals surface area contributed by atoms with Gasteiger partial charge >= 0.3 is 5.97 Å². The number of carbonyl (C=O) groups is 1. The maximum Gasteiger partial charge on any atom is 0.356 e. The minimum atomic E-state index is -1.15. The zero-order valence-corrected chi connectivity index (χ0v) is 10.7. The number of carboxylic acid groups (broad SMARTS) is 1. The molecule has 0 aliphatic heterocycles. The normalized spacial score (nSPS) is 12.2. The van der Waals surface area contributed by atoms with Crippen LogP contribution in [0, 0.1) is 5.92 Å². The van der Waals surface area contributed by atoms with Crippen LogP contribution in [0.3, 0.4) is 0 Å². The van der Waals surface area contributed by atoms with Crippen LogP contribution in [0.4, 0.5) is 0 Å². The SMILES string of the molecule is CCCC(C)COc1ccc(Cl)c(C(=O)O)n1. The van der Waals surface area contributed by atoms with Gasteiger partial charge in [0.1, 0.15) is 0 Å². The summed E-state index contributed by atoms with van der Waals surface area (Å²) in [7, 11) is 0. The number of rotatable bonds is 6. The summed E-state index contributed by atoms with van der Waals surface area (Å²) in [4.78, 5) is 14.7. The van der Waals surface area contributed by atoms with Crippen molar-refractivity contribution in [3.8, 4) is 5.88 Å². The van der Waals surface area contributed by atoms with Gasteiger partial charge in [-0.2, -0.15) is 0 Å². The van der Waals surface area contributed by atoms with E-state index in [1.165, 1.54) is 6.07 Å². The number of hydrogen-bond acceptors (Lipinski definition) is 3. The molecule has 1 heterocycles. The lowest BCUT2D eigenvalue weighted by atomic mass is 10.1. The van der Waals surface area contributed by atoms with Crippen molar-refractivity contribution >= 4 is 17.6 Å².